The summed E-state index contributed by atoms with van der Waals surface area (Å²) in [6, 6.07) is 1.95. The minimum absolute atomic E-state index is 0.0455. The number of carbonyl (C=O) groups excluding carboxylic acids is 1. The molecule has 1 aromatic rings. The number of benzene rings is 1. The summed E-state index contributed by atoms with van der Waals surface area (Å²) >= 11 is 0. The Bertz CT molecular complexity index is 492. The first kappa shape index (κ1) is 10.7. The molecule has 1 aliphatic rings. The highest BCUT2D eigenvalue weighted by molar-refractivity contribution is 6.01. The lowest BCUT2D eigenvalue weighted by molar-refractivity contribution is -0.136. The van der Waals surface area contributed by atoms with Crippen molar-refractivity contribution >= 4 is 17.6 Å². The van der Waals surface area contributed by atoms with Crippen LogP contribution >= 0.6 is 0 Å². The molecule has 0 fully saturated rings. The molecule has 4 heteroatoms. The SMILES string of the molecule is Cc1cc2c(c(CC(=O)O)c1C)NC(=O)C2. The van der Waals surface area contributed by atoms with Crippen molar-refractivity contribution in [1.82, 2.24) is 0 Å². The summed E-state index contributed by atoms with van der Waals surface area (Å²) in [5, 5.41) is 11.6. The molecule has 2 N–H and O–H groups in total. The van der Waals surface area contributed by atoms with Gasteiger partial charge in [0.2, 0.25) is 5.91 Å². The standard InChI is InChI=1S/C12H13NO3/c1-6-3-8-4-10(14)13-12(8)9(7(6)2)5-11(15)16/h3H,4-5H2,1-2H3,(H,13,14)(H,15,16). The second-order valence-electron chi connectivity index (χ2n) is 4.13. The number of hydrogen-bond acceptors (Lipinski definition) is 2. The van der Waals surface area contributed by atoms with Crippen LogP contribution in [0.1, 0.15) is 22.3 Å². The third-order valence-corrected chi connectivity index (χ3v) is 3.00. The van der Waals surface area contributed by atoms with Gasteiger partial charge >= 0.3 is 5.97 Å². The van der Waals surface area contributed by atoms with Gasteiger partial charge < -0.3 is 10.4 Å². The molecule has 0 saturated carbocycles. The van der Waals surface area contributed by atoms with Crippen molar-refractivity contribution in [2.75, 3.05) is 5.32 Å². The molecule has 0 aliphatic carbocycles. The van der Waals surface area contributed by atoms with Crippen LogP contribution in [-0.4, -0.2) is 17.0 Å². The third-order valence-electron chi connectivity index (χ3n) is 3.00. The number of carboxylic acid groups (broad SMARTS) is 1. The Morgan fingerprint density at radius 2 is 2.19 bits per heavy atom. The summed E-state index contributed by atoms with van der Waals surface area (Å²) in [4.78, 5) is 22.1. The van der Waals surface area contributed by atoms with E-state index in [-0.39, 0.29) is 12.3 Å². The van der Waals surface area contributed by atoms with Gasteiger partial charge in [0.1, 0.15) is 0 Å². The molecule has 1 amide bonds. The van der Waals surface area contributed by atoms with Crippen LogP contribution in [-0.2, 0) is 22.4 Å². The van der Waals surface area contributed by atoms with Gasteiger partial charge in [0.05, 0.1) is 12.8 Å². The van der Waals surface area contributed by atoms with E-state index in [1.807, 2.05) is 19.9 Å². The van der Waals surface area contributed by atoms with Crippen molar-refractivity contribution in [3.63, 3.8) is 0 Å². The molecule has 16 heavy (non-hydrogen) atoms. The molecule has 84 valence electrons. The molecule has 0 spiro atoms. The summed E-state index contributed by atoms with van der Waals surface area (Å²) in [5.41, 5.74) is 4.32. The van der Waals surface area contributed by atoms with E-state index in [0.717, 1.165) is 22.3 Å². The Morgan fingerprint density at radius 3 is 2.81 bits per heavy atom. The van der Waals surface area contributed by atoms with E-state index in [4.69, 9.17) is 5.11 Å². The van der Waals surface area contributed by atoms with E-state index in [9.17, 15) is 9.59 Å². The number of aryl methyl sites for hydroxylation is 1. The summed E-state index contributed by atoms with van der Waals surface area (Å²) in [7, 11) is 0. The molecule has 0 saturated heterocycles. The number of carboxylic acids is 1. The Kier molecular flexibility index (Phi) is 2.42. The van der Waals surface area contributed by atoms with Gasteiger partial charge in [-0.25, -0.2) is 0 Å². The van der Waals surface area contributed by atoms with Crippen molar-refractivity contribution in [2.45, 2.75) is 26.7 Å². The van der Waals surface area contributed by atoms with Crippen molar-refractivity contribution in [3.8, 4) is 0 Å². The lowest BCUT2D eigenvalue weighted by atomic mass is 9.95. The summed E-state index contributed by atoms with van der Waals surface area (Å²) < 4.78 is 0. The van der Waals surface area contributed by atoms with Gasteiger partial charge in [-0.1, -0.05) is 6.07 Å². The number of amides is 1. The second kappa shape index (κ2) is 3.63. The summed E-state index contributed by atoms with van der Waals surface area (Å²) in [6.07, 6.45) is 0.305. The Balaban J connectivity index is 2.57. The van der Waals surface area contributed by atoms with Gasteiger partial charge in [-0.3, -0.25) is 9.59 Å². The number of rotatable bonds is 2. The molecule has 1 heterocycles. The number of fused-ring (bicyclic) bond motifs is 1. The Labute approximate surface area is 93.3 Å². The average molecular weight is 219 g/mol. The van der Waals surface area contributed by atoms with E-state index in [2.05, 4.69) is 5.32 Å². The van der Waals surface area contributed by atoms with Crippen LogP contribution in [0.15, 0.2) is 6.07 Å². The van der Waals surface area contributed by atoms with Crippen LogP contribution in [0.5, 0.6) is 0 Å². The van der Waals surface area contributed by atoms with Crippen LogP contribution in [0.3, 0.4) is 0 Å². The maximum Gasteiger partial charge on any atom is 0.307 e. The number of hydrogen-bond donors (Lipinski definition) is 2. The zero-order valence-corrected chi connectivity index (χ0v) is 9.26. The largest absolute Gasteiger partial charge is 0.481 e. The first-order valence-corrected chi connectivity index (χ1v) is 5.12. The van der Waals surface area contributed by atoms with Gasteiger partial charge in [-0.2, -0.15) is 0 Å². The number of anilines is 1. The molecule has 0 radical (unpaired) electrons. The minimum Gasteiger partial charge on any atom is -0.481 e. The maximum absolute atomic E-state index is 11.3. The molecular weight excluding hydrogens is 206 g/mol. The van der Waals surface area contributed by atoms with E-state index in [1.165, 1.54) is 0 Å². The van der Waals surface area contributed by atoms with Crippen molar-refractivity contribution < 1.29 is 14.7 Å². The molecule has 0 atom stereocenters. The maximum atomic E-state index is 11.3. The fourth-order valence-corrected chi connectivity index (χ4v) is 2.09. The van der Waals surface area contributed by atoms with Gasteiger partial charge in [0.25, 0.3) is 0 Å². The first-order chi connectivity index (χ1) is 7.49. The smallest absolute Gasteiger partial charge is 0.307 e. The number of nitrogens with one attached hydrogen (secondary N) is 1. The predicted octanol–water partition coefficient (Wildman–Crippen LogP) is 1.43. The van der Waals surface area contributed by atoms with Gasteiger partial charge in [-0.15, -0.1) is 0 Å². The summed E-state index contributed by atoms with van der Waals surface area (Å²) in [6.45, 7) is 3.82. The zero-order valence-electron chi connectivity index (χ0n) is 9.26. The highest BCUT2D eigenvalue weighted by Gasteiger charge is 2.23. The highest BCUT2D eigenvalue weighted by Crippen LogP contribution is 2.32. The predicted molar refractivity (Wildman–Crippen MR) is 59.6 cm³/mol. The van der Waals surface area contributed by atoms with Crippen LogP contribution < -0.4 is 5.32 Å². The van der Waals surface area contributed by atoms with Crippen molar-refractivity contribution in [2.24, 2.45) is 0 Å². The third kappa shape index (κ3) is 1.66. The summed E-state index contributed by atoms with van der Waals surface area (Å²) in [5.74, 6) is -0.941. The molecule has 4 nitrogen and oxygen atoms in total. The molecule has 0 aromatic heterocycles. The van der Waals surface area contributed by atoms with E-state index in [0.29, 0.717) is 12.1 Å². The topological polar surface area (TPSA) is 66.4 Å². The Morgan fingerprint density at radius 1 is 1.50 bits per heavy atom. The lowest BCUT2D eigenvalue weighted by Crippen LogP contribution is -2.09. The minimum atomic E-state index is -0.878. The van der Waals surface area contributed by atoms with E-state index >= 15 is 0 Å². The van der Waals surface area contributed by atoms with Crippen LogP contribution in [0.25, 0.3) is 0 Å². The van der Waals surface area contributed by atoms with Crippen LogP contribution in [0.4, 0.5) is 5.69 Å². The fourth-order valence-electron chi connectivity index (χ4n) is 2.09. The molecule has 0 unspecified atom stereocenters. The Hall–Kier alpha value is -1.84. The molecular formula is C12H13NO3. The number of aliphatic carboxylic acids is 1. The average Bonchev–Trinajstić information content (AvgIpc) is 2.53. The second-order valence-corrected chi connectivity index (χ2v) is 4.13. The van der Waals surface area contributed by atoms with E-state index in [1.54, 1.807) is 0 Å². The quantitative estimate of drug-likeness (QED) is 0.790. The molecule has 1 aliphatic heterocycles. The monoisotopic (exact) mass is 219 g/mol. The number of carbonyl (C=O) groups is 2. The van der Waals surface area contributed by atoms with Gasteiger partial charge in [0.15, 0.2) is 0 Å². The molecule has 2 rings (SSSR count). The zero-order chi connectivity index (χ0) is 11.9. The fraction of sp³-hybridized carbons (Fsp3) is 0.333. The van der Waals surface area contributed by atoms with Gasteiger partial charge in [-0.05, 0) is 36.1 Å². The molecule has 0 bridgehead atoms. The van der Waals surface area contributed by atoms with Gasteiger partial charge in [0, 0.05) is 5.69 Å². The van der Waals surface area contributed by atoms with Crippen molar-refractivity contribution in [1.29, 1.82) is 0 Å². The molecule has 1 aromatic carbocycles. The van der Waals surface area contributed by atoms with Crippen LogP contribution in [0, 0.1) is 13.8 Å². The lowest BCUT2D eigenvalue weighted by Gasteiger charge is -2.12. The highest BCUT2D eigenvalue weighted by atomic mass is 16.4. The van der Waals surface area contributed by atoms with E-state index < -0.39 is 5.97 Å². The normalized spacial score (nSPS) is 13.5. The van der Waals surface area contributed by atoms with Crippen LogP contribution in [0.2, 0.25) is 0 Å². The first-order valence-electron chi connectivity index (χ1n) is 5.12. The van der Waals surface area contributed by atoms with Crippen molar-refractivity contribution in [3.05, 3.63) is 28.3 Å².